The van der Waals surface area contributed by atoms with Gasteiger partial charge in [-0.1, -0.05) is 12.1 Å². The van der Waals surface area contributed by atoms with Crippen molar-refractivity contribution < 1.29 is 18.0 Å². The van der Waals surface area contributed by atoms with Gasteiger partial charge in [-0.15, -0.1) is 0 Å². The summed E-state index contributed by atoms with van der Waals surface area (Å²) in [4.78, 5) is 29.2. The van der Waals surface area contributed by atoms with Crippen molar-refractivity contribution in [2.24, 2.45) is 0 Å². The first-order valence-corrected chi connectivity index (χ1v) is 13.1. The van der Waals surface area contributed by atoms with Crippen molar-refractivity contribution in [3.63, 3.8) is 0 Å². The molecule has 0 aliphatic carbocycles. The molecule has 1 aromatic carbocycles. The zero-order valence-electron chi connectivity index (χ0n) is 19.6. The van der Waals surface area contributed by atoms with Gasteiger partial charge in [0, 0.05) is 30.0 Å². The van der Waals surface area contributed by atoms with Gasteiger partial charge < -0.3 is 16.4 Å². The molecule has 10 nitrogen and oxygen atoms in total. The normalized spacial score (nSPS) is 16.7. The van der Waals surface area contributed by atoms with Crippen LogP contribution in [0.4, 0.5) is 5.82 Å². The second-order valence-electron chi connectivity index (χ2n) is 8.81. The minimum Gasteiger partial charge on any atom is -0.384 e. The van der Waals surface area contributed by atoms with Crippen LogP contribution in [0.15, 0.2) is 42.7 Å². The molecule has 35 heavy (non-hydrogen) atoms. The largest absolute Gasteiger partial charge is 0.384 e. The summed E-state index contributed by atoms with van der Waals surface area (Å²) in [6, 6.07) is 8.43. The number of carbonyl (C=O) groups excluding carboxylic acids is 2. The first-order valence-electron chi connectivity index (χ1n) is 11.2. The Hall–Kier alpha value is -3.73. The predicted octanol–water partition coefficient (Wildman–Crippen LogP) is 1.37. The zero-order chi connectivity index (χ0) is 25.2. The molecule has 184 valence electrons. The number of carbonyl (C=O) groups is 2. The average molecular weight is 497 g/mol. The Balaban J connectivity index is 1.32. The number of hydrogen-bond acceptors (Lipinski definition) is 7. The summed E-state index contributed by atoms with van der Waals surface area (Å²) in [6.07, 6.45) is 3.61. The number of sulfone groups is 1. The number of rotatable bonds is 7. The van der Waals surface area contributed by atoms with Crippen molar-refractivity contribution in [2.45, 2.75) is 39.4 Å². The molecule has 1 aliphatic rings. The third-order valence-electron chi connectivity index (χ3n) is 6.02. The molecule has 0 spiro atoms. The van der Waals surface area contributed by atoms with Crippen LogP contribution in [0.25, 0.3) is 0 Å². The number of anilines is 1. The fourth-order valence-corrected chi connectivity index (χ4v) is 5.79. The number of aryl methyl sites for hydroxylation is 2. The van der Waals surface area contributed by atoms with E-state index in [0.29, 0.717) is 36.5 Å². The van der Waals surface area contributed by atoms with Gasteiger partial charge in [0.1, 0.15) is 5.82 Å². The quantitative estimate of drug-likeness (QED) is 0.447. The molecule has 1 aliphatic heterocycles. The van der Waals surface area contributed by atoms with E-state index in [1.807, 2.05) is 13.8 Å². The van der Waals surface area contributed by atoms with Crippen LogP contribution < -0.4 is 16.4 Å². The summed E-state index contributed by atoms with van der Waals surface area (Å²) in [5, 5.41) is 9.94. The highest BCUT2D eigenvalue weighted by Crippen LogP contribution is 2.15. The second-order valence-corrected chi connectivity index (χ2v) is 11.0. The molecule has 11 heteroatoms. The van der Waals surface area contributed by atoms with E-state index in [1.165, 1.54) is 6.20 Å². The molecule has 1 unspecified atom stereocenters. The molecule has 1 atom stereocenters. The monoisotopic (exact) mass is 496 g/mol. The molecular formula is C24H28N6O4S. The number of amides is 2. The summed E-state index contributed by atoms with van der Waals surface area (Å²) in [5.74, 6) is 0.0152. The molecule has 1 fully saturated rings. The summed E-state index contributed by atoms with van der Waals surface area (Å²) in [7, 11) is -3.05. The van der Waals surface area contributed by atoms with Crippen LogP contribution >= 0.6 is 0 Å². The Kier molecular flexibility index (Phi) is 6.88. The maximum atomic E-state index is 12.6. The van der Waals surface area contributed by atoms with E-state index in [1.54, 1.807) is 41.2 Å². The van der Waals surface area contributed by atoms with Crippen molar-refractivity contribution in [3.8, 4) is 0 Å². The maximum absolute atomic E-state index is 12.6. The van der Waals surface area contributed by atoms with Gasteiger partial charge in [0.15, 0.2) is 9.84 Å². The summed E-state index contributed by atoms with van der Waals surface area (Å²) in [6.45, 7) is 4.55. The number of aromatic nitrogens is 3. The fraction of sp³-hybridized carbons (Fsp3) is 0.333. The van der Waals surface area contributed by atoms with Gasteiger partial charge in [-0.25, -0.2) is 13.4 Å². The topological polar surface area (TPSA) is 149 Å². The predicted molar refractivity (Wildman–Crippen MR) is 132 cm³/mol. The molecule has 1 saturated heterocycles. The van der Waals surface area contributed by atoms with Gasteiger partial charge in [-0.05, 0) is 55.2 Å². The van der Waals surface area contributed by atoms with Crippen LogP contribution in [0.1, 0.15) is 49.5 Å². The standard InChI is InChI=1S/C24H28N6O4S/c1-15-9-22(25)28-16(2)21(15)11-26-23(31)19-10-27-30(13-19)12-17-3-5-18(6-4-17)24(32)29-20-7-8-35(33,34)14-20/h3-6,9-10,13,20H,7-8,11-12,14H2,1-2H3,(H2,25,28)(H,26,31)(H,29,32). The Morgan fingerprint density at radius 3 is 2.54 bits per heavy atom. The molecule has 3 aromatic rings. The Bertz CT molecular complexity index is 1340. The third-order valence-corrected chi connectivity index (χ3v) is 7.79. The van der Waals surface area contributed by atoms with E-state index in [0.717, 1.165) is 22.4 Å². The molecule has 0 radical (unpaired) electrons. The number of nitrogens with zero attached hydrogens (tertiary/aromatic N) is 3. The van der Waals surface area contributed by atoms with Crippen LogP contribution in [-0.2, 0) is 22.9 Å². The molecule has 4 rings (SSSR count). The highest BCUT2D eigenvalue weighted by molar-refractivity contribution is 7.91. The lowest BCUT2D eigenvalue weighted by atomic mass is 10.1. The maximum Gasteiger partial charge on any atom is 0.254 e. The highest BCUT2D eigenvalue weighted by atomic mass is 32.2. The number of benzene rings is 1. The summed E-state index contributed by atoms with van der Waals surface area (Å²) in [5.41, 5.74) is 10.2. The second kappa shape index (κ2) is 9.87. The Morgan fingerprint density at radius 1 is 1.14 bits per heavy atom. The summed E-state index contributed by atoms with van der Waals surface area (Å²) < 4.78 is 24.8. The minimum atomic E-state index is -3.05. The Morgan fingerprint density at radius 2 is 1.89 bits per heavy atom. The lowest BCUT2D eigenvalue weighted by Crippen LogP contribution is -2.35. The smallest absolute Gasteiger partial charge is 0.254 e. The summed E-state index contributed by atoms with van der Waals surface area (Å²) >= 11 is 0. The van der Waals surface area contributed by atoms with Crippen molar-refractivity contribution >= 4 is 27.5 Å². The molecule has 2 amide bonds. The number of nitrogens with two attached hydrogens (primary N) is 1. The molecule has 0 bridgehead atoms. The molecule has 0 saturated carbocycles. The third kappa shape index (κ3) is 6.04. The Labute approximate surface area is 203 Å². The zero-order valence-corrected chi connectivity index (χ0v) is 20.4. The lowest BCUT2D eigenvalue weighted by molar-refractivity contribution is 0.0936. The van der Waals surface area contributed by atoms with E-state index >= 15 is 0 Å². The number of pyridine rings is 1. The number of nitrogens with one attached hydrogen (secondary N) is 2. The SMILES string of the molecule is Cc1cc(N)nc(C)c1CNC(=O)c1cnn(Cc2ccc(C(=O)NC3CCS(=O)(=O)C3)cc2)c1. The van der Waals surface area contributed by atoms with E-state index in [4.69, 9.17) is 5.73 Å². The van der Waals surface area contributed by atoms with E-state index in [2.05, 4.69) is 20.7 Å². The van der Waals surface area contributed by atoms with Crippen LogP contribution in [0.5, 0.6) is 0 Å². The van der Waals surface area contributed by atoms with Gasteiger partial charge in [0.2, 0.25) is 0 Å². The van der Waals surface area contributed by atoms with Crippen molar-refractivity contribution in [1.29, 1.82) is 0 Å². The van der Waals surface area contributed by atoms with E-state index in [9.17, 15) is 18.0 Å². The molecule has 4 N–H and O–H groups in total. The van der Waals surface area contributed by atoms with E-state index in [-0.39, 0.29) is 29.4 Å². The van der Waals surface area contributed by atoms with Gasteiger partial charge in [-0.3, -0.25) is 14.3 Å². The molecular weight excluding hydrogens is 468 g/mol. The molecule has 2 aromatic heterocycles. The van der Waals surface area contributed by atoms with Crippen LogP contribution in [0, 0.1) is 13.8 Å². The van der Waals surface area contributed by atoms with Gasteiger partial charge in [-0.2, -0.15) is 5.10 Å². The van der Waals surface area contributed by atoms with Crippen molar-refractivity contribution in [3.05, 3.63) is 76.2 Å². The highest BCUT2D eigenvalue weighted by Gasteiger charge is 2.29. The van der Waals surface area contributed by atoms with Crippen LogP contribution in [0.2, 0.25) is 0 Å². The van der Waals surface area contributed by atoms with Crippen LogP contribution in [-0.4, -0.2) is 52.5 Å². The van der Waals surface area contributed by atoms with Crippen LogP contribution in [0.3, 0.4) is 0 Å². The first-order chi connectivity index (χ1) is 16.6. The molecule has 3 heterocycles. The van der Waals surface area contributed by atoms with E-state index < -0.39 is 9.84 Å². The van der Waals surface area contributed by atoms with Gasteiger partial charge >= 0.3 is 0 Å². The number of nitrogen functional groups attached to an aromatic ring is 1. The van der Waals surface area contributed by atoms with Gasteiger partial charge in [0.05, 0.1) is 29.8 Å². The lowest BCUT2D eigenvalue weighted by Gasteiger charge is -2.11. The average Bonchev–Trinajstić information content (AvgIpc) is 3.39. The van der Waals surface area contributed by atoms with Crippen molar-refractivity contribution in [1.82, 2.24) is 25.4 Å². The van der Waals surface area contributed by atoms with Crippen molar-refractivity contribution in [2.75, 3.05) is 17.2 Å². The first kappa shape index (κ1) is 24.4. The fourth-order valence-electron chi connectivity index (χ4n) is 4.12. The number of hydrogen-bond donors (Lipinski definition) is 3. The van der Waals surface area contributed by atoms with Gasteiger partial charge in [0.25, 0.3) is 11.8 Å². The minimum absolute atomic E-state index is 0.0118.